The van der Waals surface area contributed by atoms with Crippen LogP contribution in [-0.4, -0.2) is 24.2 Å². The summed E-state index contributed by atoms with van der Waals surface area (Å²) in [6.07, 6.45) is 2.29. The van der Waals surface area contributed by atoms with Gasteiger partial charge < -0.3 is 10.0 Å². The third-order valence-corrected chi connectivity index (χ3v) is 3.48. The van der Waals surface area contributed by atoms with Crippen molar-refractivity contribution < 1.29 is 9.90 Å². The zero-order chi connectivity index (χ0) is 12.3. The van der Waals surface area contributed by atoms with Crippen LogP contribution in [0.5, 0.6) is 0 Å². The molecule has 0 aromatic heterocycles. The predicted molar refractivity (Wildman–Crippen MR) is 68.4 cm³/mol. The Hall–Kier alpha value is -1.51. The molecule has 17 heavy (non-hydrogen) atoms. The van der Waals surface area contributed by atoms with Crippen molar-refractivity contribution in [2.24, 2.45) is 5.92 Å². The minimum absolute atomic E-state index is 0.321. The Morgan fingerprint density at radius 3 is 2.41 bits per heavy atom. The average Bonchev–Trinajstić information content (AvgIpc) is 2.30. The molecule has 1 saturated heterocycles. The van der Waals surface area contributed by atoms with Crippen LogP contribution in [0.1, 0.15) is 24.8 Å². The number of carboxylic acid groups (broad SMARTS) is 1. The maximum Gasteiger partial charge on any atom is 0.303 e. The smallest absolute Gasteiger partial charge is 0.303 e. The number of hydrogen-bond acceptors (Lipinski definition) is 2. The molecule has 1 N–H and O–H groups in total. The second kappa shape index (κ2) is 5.21. The van der Waals surface area contributed by atoms with Crippen LogP contribution in [0.3, 0.4) is 0 Å². The molecule has 1 fully saturated rings. The van der Waals surface area contributed by atoms with Crippen molar-refractivity contribution in [1.29, 1.82) is 0 Å². The van der Waals surface area contributed by atoms with Gasteiger partial charge in [0.1, 0.15) is 0 Å². The molecule has 1 aromatic rings. The zero-order valence-electron chi connectivity index (χ0n) is 10.2. The molecule has 2 rings (SSSR count). The minimum atomic E-state index is -0.668. The maximum absolute atomic E-state index is 10.6. The number of aliphatic carboxylic acids is 1. The minimum Gasteiger partial charge on any atom is -0.481 e. The van der Waals surface area contributed by atoms with Gasteiger partial charge in [-0.25, -0.2) is 0 Å². The molecular weight excluding hydrogens is 214 g/mol. The summed E-state index contributed by atoms with van der Waals surface area (Å²) >= 11 is 0. The molecule has 1 aromatic carbocycles. The Morgan fingerprint density at radius 2 is 1.88 bits per heavy atom. The van der Waals surface area contributed by atoms with Gasteiger partial charge in [-0.2, -0.15) is 0 Å². The first-order valence-electron chi connectivity index (χ1n) is 6.18. The lowest BCUT2D eigenvalue weighted by Crippen LogP contribution is -2.34. The Balaban J connectivity index is 1.90. The molecule has 3 nitrogen and oxygen atoms in total. The van der Waals surface area contributed by atoms with E-state index in [0.717, 1.165) is 25.9 Å². The van der Waals surface area contributed by atoms with E-state index in [9.17, 15) is 4.79 Å². The van der Waals surface area contributed by atoms with E-state index in [4.69, 9.17) is 5.11 Å². The number of anilines is 1. The number of nitrogens with zero attached hydrogens (tertiary/aromatic N) is 1. The number of rotatable bonds is 3. The fraction of sp³-hybridized carbons (Fsp3) is 0.500. The van der Waals surface area contributed by atoms with Crippen molar-refractivity contribution in [2.45, 2.75) is 26.2 Å². The number of aryl methyl sites for hydroxylation is 1. The number of hydrogen-bond donors (Lipinski definition) is 1. The fourth-order valence-electron chi connectivity index (χ4n) is 2.40. The summed E-state index contributed by atoms with van der Waals surface area (Å²) in [5.41, 5.74) is 2.53. The van der Waals surface area contributed by atoms with E-state index in [1.165, 1.54) is 11.3 Å². The van der Waals surface area contributed by atoms with Crippen LogP contribution in [0, 0.1) is 12.8 Å². The number of carbonyl (C=O) groups is 1. The van der Waals surface area contributed by atoms with E-state index >= 15 is 0 Å². The third-order valence-electron chi connectivity index (χ3n) is 3.48. The summed E-state index contributed by atoms with van der Waals surface area (Å²) in [4.78, 5) is 13.0. The van der Waals surface area contributed by atoms with Gasteiger partial charge in [0.05, 0.1) is 0 Å². The van der Waals surface area contributed by atoms with Crippen molar-refractivity contribution in [1.82, 2.24) is 0 Å². The fourth-order valence-corrected chi connectivity index (χ4v) is 2.40. The summed E-state index contributed by atoms with van der Waals surface area (Å²) in [5.74, 6) is -0.312. The summed E-state index contributed by atoms with van der Waals surface area (Å²) in [6, 6.07) is 8.54. The van der Waals surface area contributed by atoms with Gasteiger partial charge in [0, 0.05) is 25.2 Å². The number of benzene rings is 1. The van der Waals surface area contributed by atoms with Crippen LogP contribution in [0.15, 0.2) is 24.3 Å². The molecule has 1 heterocycles. The summed E-state index contributed by atoms with van der Waals surface area (Å²) in [7, 11) is 0. The monoisotopic (exact) mass is 233 g/mol. The quantitative estimate of drug-likeness (QED) is 0.872. The van der Waals surface area contributed by atoms with Crippen molar-refractivity contribution in [3.8, 4) is 0 Å². The molecule has 0 saturated carbocycles. The lowest BCUT2D eigenvalue weighted by atomic mass is 9.93. The first-order valence-corrected chi connectivity index (χ1v) is 6.18. The van der Waals surface area contributed by atoms with E-state index < -0.39 is 5.97 Å². The van der Waals surface area contributed by atoms with Crippen LogP contribution in [0.4, 0.5) is 5.69 Å². The zero-order valence-corrected chi connectivity index (χ0v) is 10.2. The average molecular weight is 233 g/mol. The van der Waals surface area contributed by atoms with Gasteiger partial charge in [-0.15, -0.1) is 0 Å². The molecule has 0 amide bonds. The van der Waals surface area contributed by atoms with Gasteiger partial charge in [0.25, 0.3) is 0 Å². The van der Waals surface area contributed by atoms with E-state index in [1.54, 1.807) is 0 Å². The molecule has 1 aliphatic rings. The highest BCUT2D eigenvalue weighted by Gasteiger charge is 2.21. The maximum atomic E-state index is 10.6. The van der Waals surface area contributed by atoms with Crippen molar-refractivity contribution >= 4 is 11.7 Å². The Bertz CT molecular complexity index is 378. The molecule has 0 radical (unpaired) electrons. The van der Waals surface area contributed by atoms with E-state index in [0.29, 0.717) is 12.3 Å². The van der Waals surface area contributed by atoms with E-state index in [1.807, 2.05) is 0 Å². The van der Waals surface area contributed by atoms with Crippen LogP contribution in [0.25, 0.3) is 0 Å². The lowest BCUT2D eigenvalue weighted by molar-refractivity contribution is -0.138. The molecule has 3 heteroatoms. The van der Waals surface area contributed by atoms with Gasteiger partial charge in [0.15, 0.2) is 0 Å². The predicted octanol–water partition coefficient (Wildman–Crippen LogP) is 2.69. The standard InChI is InChI=1S/C14H19NO2/c1-11-2-4-13(5-3-11)15-8-6-12(7-9-15)10-14(16)17/h2-5,12H,6-10H2,1H3,(H,16,17). The molecular formula is C14H19NO2. The number of piperidine rings is 1. The molecule has 0 spiro atoms. The molecule has 0 aliphatic carbocycles. The van der Waals surface area contributed by atoms with Crippen molar-refractivity contribution in [2.75, 3.05) is 18.0 Å². The van der Waals surface area contributed by atoms with Crippen LogP contribution in [0.2, 0.25) is 0 Å². The van der Waals surface area contributed by atoms with Gasteiger partial charge in [-0.05, 0) is 37.8 Å². The summed E-state index contributed by atoms with van der Waals surface area (Å²) in [6.45, 7) is 4.03. The Labute approximate surface area is 102 Å². The van der Waals surface area contributed by atoms with E-state index in [2.05, 4.69) is 36.1 Å². The largest absolute Gasteiger partial charge is 0.481 e. The molecule has 1 aliphatic heterocycles. The van der Waals surface area contributed by atoms with Gasteiger partial charge in [-0.3, -0.25) is 4.79 Å². The Kier molecular flexibility index (Phi) is 3.67. The highest BCUT2D eigenvalue weighted by atomic mass is 16.4. The van der Waals surface area contributed by atoms with Crippen molar-refractivity contribution in [3.63, 3.8) is 0 Å². The first-order chi connectivity index (χ1) is 8.15. The topological polar surface area (TPSA) is 40.5 Å². The third kappa shape index (κ3) is 3.22. The van der Waals surface area contributed by atoms with E-state index in [-0.39, 0.29) is 0 Å². The summed E-state index contributed by atoms with van der Waals surface area (Å²) in [5, 5.41) is 8.77. The lowest BCUT2D eigenvalue weighted by Gasteiger charge is -2.33. The van der Waals surface area contributed by atoms with Crippen LogP contribution < -0.4 is 4.90 Å². The van der Waals surface area contributed by atoms with Crippen LogP contribution >= 0.6 is 0 Å². The first kappa shape index (κ1) is 12.0. The number of carboxylic acids is 1. The molecule has 0 unspecified atom stereocenters. The second-order valence-corrected chi connectivity index (χ2v) is 4.86. The highest BCUT2D eigenvalue weighted by molar-refractivity contribution is 5.67. The van der Waals surface area contributed by atoms with Crippen LogP contribution in [-0.2, 0) is 4.79 Å². The molecule has 0 bridgehead atoms. The van der Waals surface area contributed by atoms with Gasteiger partial charge in [-0.1, -0.05) is 17.7 Å². The Morgan fingerprint density at radius 1 is 1.29 bits per heavy atom. The molecule has 92 valence electrons. The van der Waals surface area contributed by atoms with Crippen molar-refractivity contribution in [3.05, 3.63) is 29.8 Å². The highest BCUT2D eigenvalue weighted by Crippen LogP contribution is 2.25. The normalized spacial score (nSPS) is 17.1. The SMILES string of the molecule is Cc1ccc(N2CCC(CC(=O)O)CC2)cc1. The van der Waals surface area contributed by atoms with Gasteiger partial charge >= 0.3 is 5.97 Å². The molecule has 0 atom stereocenters. The summed E-state index contributed by atoms with van der Waals surface area (Å²) < 4.78 is 0. The second-order valence-electron chi connectivity index (χ2n) is 4.86. The van der Waals surface area contributed by atoms with Gasteiger partial charge in [0.2, 0.25) is 0 Å².